The third kappa shape index (κ3) is 2.20. The number of nitrogens with zero attached hydrogens (tertiary/aromatic N) is 1. The smallest absolute Gasteiger partial charge is 0.233 e. The van der Waals surface area contributed by atoms with Crippen molar-refractivity contribution in [1.82, 2.24) is 4.90 Å². The van der Waals surface area contributed by atoms with E-state index in [0.29, 0.717) is 0 Å². The molecule has 2 aromatic rings. The molecule has 4 rings (SSSR count). The molecule has 0 aromatic heterocycles. The molecule has 0 atom stereocenters. The number of carbonyl (C=O) groups is 1. The van der Waals surface area contributed by atoms with E-state index < -0.39 is 0 Å². The van der Waals surface area contributed by atoms with Crippen LogP contribution in [0.4, 0.5) is 10.1 Å². The maximum Gasteiger partial charge on any atom is 0.233 e. The second-order valence-electron chi connectivity index (χ2n) is 6.34. The molecular weight excluding hydrogens is 279 g/mol. The summed E-state index contributed by atoms with van der Waals surface area (Å²) in [7, 11) is 0. The van der Waals surface area contributed by atoms with E-state index >= 15 is 0 Å². The minimum absolute atomic E-state index is 0.126. The number of para-hydroxylation sites is 1. The first-order valence-corrected chi connectivity index (χ1v) is 7.51. The van der Waals surface area contributed by atoms with Gasteiger partial charge in [-0.2, -0.15) is 0 Å². The molecule has 1 amide bonds. The lowest BCUT2D eigenvalue weighted by atomic mass is 9.71. The van der Waals surface area contributed by atoms with Crippen LogP contribution in [0.2, 0.25) is 0 Å². The number of hydrogen-bond acceptors (Lipinski definition) is 2. The van der Waals surface area contributed by atoms with Crippen molar-refractivity contribution in [2.45, 2.75) is 13.0 Å². The van der Waals surface area contributed by atoms with E-state index in [9.17, 15) is 9.18 Å². The van der Waals surface area contributed by atoms with Crippen molar-refractivity contribution in [3.05, 3.63) is 65.5 Å². The zero-order valence-corrected chi connectivity index (χ0v) is 12.2. The van der Waals surface area contributed by atoms with Crippen LogP contribution in [0.5, 0.6) is 0 Å². The molecule has 1 saturated heterocycles. The Morgan fingerprint density at radius 1 is 1.09 bits per heavy atom. The van der Waals surface area contributed by atoms with Gasteiger partial charge in [-0.05, 0) is 35.7 Å². The van der Waals surface area contributed by atoms with Gasteiger partial charge in [-0.1, -0.05) is 30.3 Å². The molecule has 112 valence electrons. The molecule has 2 aliphatic heterocycles. The molecule has 2 heterocycles. The maximum atomic E-state index is 12.9. The lowest BCUT2D eigenvalue weighted by molar-refractivity contribution is -0.137. The number of hydrogen-bond donors (Lipinski definition) is 1. The number of nitrogens with one attached hydrogen (secondary N) is 1. The molecule has 3 nitrogen and oxygen atoms in total. The number of amides is 1. The van der Waals surface area contributed by atoms with Gasteiger partial charge in [0.2, 0.25) is 5.91 Å². The molecule has 0 radical (unpaired) electrons. The fourth-order valence-electron chi connectivity index (χ4n) is 3.52. The normalized spacial score (nSPS) is 19.4. The van der Waals surface area contributed by atoms with Crippen LogP contribution >= 0.6 is 0 Å². The van der Waals surface area contributed by atoms with Crippen molar-refractivity contribution in [2.24, 2.45) is 5.41 Å². The third-order valence-corrected chi connectivity index (χ3v) is 4.65. The van der Waals surface area contributed by atoms with Gasteiger partial charge >= 0.3 is 0 Å². The fraction of sp³-hybridized carbons (Fsp3) is 0.278. The number of benzene rings is 2. The summed E-state index contributed by atoms with van der Waals surface area (Å²) in [6.07, 6.45) is 0.801. The first-order chi connectivity index (χ1) is 10.6. The van der Waals surface area contributed by atoms with Crippen molar-refractivity contribution >= 4 is 11.6 Å². The summed E-state index contributed by atoms with van der Waals surface area (Å²) in [6, 6.07) is 14.6. The maximum absolute atomic E-state index is 12.9. The number of carbonyl (C=O) groups excluding carboxylic acids is 1. The number of rotatable bonds is 2. The van der Waals surface area contributed by atoms with Gasteiger partial charge < -0.3 is 5.32 Å². The standard InChI is InChI=1S/C18H17FN2O/c19-15-7-5-13(6-8-15)10-21-11-18(12-21)9-14-3-1-2-4-16(14)20-17(18)22/h1-8H,9-12H2,(H,20,22). The molecule has 22 heavy (non-hydrogen) atoms. The second kappa shape index (κ2) is 4.92. The molecule has 0 aliphatic carbocycles. The zero-order chi connectivity index (χ0) is 15.2. The molecule has 4 heteroatoms. The van der Waals surface area contributed by atoms with E-state index in [1.54, 1.807) is 12.1 Å². The van der Waals surface area contributed by atoms with Crippen molar-refractivity contribution in [2.75, 3.05) is 18.4 Å². The van der Waals surface area contributed by atoms with Crippen molar-refractivity contribution in [3.8, 4) is 0 Å². The van der Waals surface area contributed by atoms with Crippen molar-refractivity contribution in [3.63, 3.8) is 0 Å². The molecular formula is C18H17FN2O. The Balaban J connectivity index is 1.46. The Bertz CT molecular complexity index is 720. The summed E-state index contributed by atoms with van der Waals surface area (Å²) in [6.45, 7) is 2.27. The van der Waals surface area contributed by atoms with E-state index in [4.69, 9.17) is 0 Å². The molecule has 1 fully saturated rings. The average molecular weight is 296 g/mol. The van der Waals surface area contributed by atoms with Crippen LogP contribution < -0.4 is 5.32 Å². The van der Waals surface area contributed by atoms with E-state index in [2.05, 4.69) is 16.3 Å². The molecule has 2 aromatic carbocycles. The Kier molecular flexibility index (Phi) is 3.01. The minimum Gasteiger partial charge on any atom is -0.325 e. The highest BCUT2D eigenvalue weighted by atomic mass is 19.1. The number of halogens is 1. The van der Waals surface area contributed by atoms with Gasteiger partial charge in [-0.25, -0.2) is 4.39 Å². The summed E-state index contributed by atoms with van der Waals surface area (Å²) in [5.41, 5.74) is 2.93. The largest absolute Gasteiger partial charge is 0.325 e. The van der Waals surface area contributed by atoms with Crippen LogP contribution in [0.3, 0.4) is 0 Å². The van der Waals surface area contributed by atoms with Gasteiger partial charge in [0.1, 0.15) is 5.82 Å². The van der Waals surface area contributed by atoms with Gasteiger partial charge in [-0.15, -0.1) is 0 Å². The van der Waals surface area contributed by atoms with Gasteiger partial charge in [-0.3, -0.25) is 9.69 Å². The fourth-order valence-corrected chi connectivity index (χ4v) is 3.52. The summed E-state index contributed by atoms with van der Waals surface area (Å²) in [5, 5.41) is 3.03. The Hall–Kier alpha value is -2.20. The molecule has 2 aliphatic rings. The second-order valence-corrected chi connectivity index (χ2v) is 6.34. The Morgan fingerprint density at radius 2 is 1.82 bits per heavy atom. The SMILES string of the molecule is O=C1Nc2ccccc2CC12CN(Cc1ccc(F)cc1)C2. The van der Waals surface area contributed by atoms with Gasteiger partial charge in [0.05, 0.1) is 5.41 Å². The van der Waals surface area contributed by atoms with E-state index in [1.165, 1.54) is 17.7 Å². The molecule has 0 saturated carbocycles. The minimum atomic E-state index is -0.297. The average Bonchev–Trinajstić information content (AvgIpc) is 2.48. The predicted molar refractivity (Wildman–Crippen MR) is 82.9 cm³/mol. The third-order valence-electron chi connectivity index (χ3n) is 4.65. The lowest BCUT2D eigenvalue weighted by Gasteiger charge is -2.51. The van der Waals surface area contributed by atoms with Gasteiger partial charge in [0.25, 0.3) is 0 Å². The number of likely N-dealkylation sites (tertiary alicyclic amines) is 1. The molecule has 0 unspecified atom stereocenters. The van der Waals surface area contributed by atoms with Crippen LogP contribution in [0.25, 0.3) is 0 Å². The highest BCUT2D eigenvalue weighted by Gasteiger charge is 2.51. The van der Waals surface area contributed by atoms with Crippen LogP contribution in [-0.2, 0) is 17.8 Å². The van der Waals surface area contributed by atoms with Crippen LogP contribution in [0.1, 0.15) is 11.1 Å². The topological polar surface area (TPSA) is 32.3 Å². The predicted octanol–water partition coefficient (Wildman–Crippen LogP) is 2.82. The van der Waals surface area contributed by atoms with Gasteiger partial charge in [0.15, 0.2) is 0 Å². The van der Waals surface area contributed by atoms with Crippen LogP contribution in [0.15, 0.2) is 48.5 Å². The monoisotopic (exact) mass is 296 g/mol. The summed E-state index contributed by atoms with van der Waals surface area (Å²) < 4.78 is 12.9. The summed E-state index contributed by atoms with van der Waals surface area (Å²) in [5.74, 6) is -0.0892. The molecule has 0 bridgehead atoms. The number of fused-ring (bicyclic) bond motifs is 1. The highest BCUT2D eigenvalue weighted by molar-refractivity contribution is 5.99. The Morgan fingerprint density at radius 3 is 2.59 bits per heavy atom. The van der Waals surface area contributed by atoms with Crippen LogP contribution in [-0.4, -0.2) is 23.9 Å². The first-order valence-electron chi connectivity index (χ1n) is 7.51. The number of anilines is 1. The van der Waals surface area contributed by atoms with Crippen molar-refractivity contribution in [1.29, 1.82) is 0 Å². The van der Waals surface area contributed by atoms with Gasteiger partial charge in [0, 0.05) is 25.3 Å². The van der Waals surface area contributed by atoms with Crippen molar-refractivity contribution < 1.29 is 9.18 Å². The summed E-state index contributed by atoms with van der Waals surface area (Å²) in [4.78, 5) is 14.7. The van der Waals surface area contributed by atoms with E-state index in [-0.39, 0.29) is 17.1 Å². The van der Waals surface area contributed by atoms with E-state index in [0.717, 1.165) is 37.3 Å². The lowest BCUT2D eigenvalue weighted by Crippen LogP contribution is -2.63. The molecule has 1 spiro atoms. The summed E-state index contributed by atoms with van der Waals surface area (Å²) >= 11 is 0. The Labute approximate surface area is 128 Å². The van der Waals surface area contributed by atoms with Crippen LogP contribution in [0, 0.1) is 11.2 Å². The highest BCUT2D eigenvalue weighted by Crippen LogP contribution is 2.41. The zero-order valence-electron chi connectivity index (χ0n) is 12.2. The molecule has 1 N–H and O–H groups in total. The first kappa shape index (κ1) is 13.5. The van der Waals surface area contributed by atoms with E-state index in [1.807, 2.05) is 18.2 Å². The quantitative estimate of drug-likeness (QED) is 0.924.